The fraction of sp³-hybridized carbons (Fsp3) is 0.340. The molecule has 4 aromatic carbocycles. The molecule has 0 saturated heterocycles. The number of benzene rings is 4. The van der Waals surface area contributed by atoms with E-state index in [1.165, 1.54) is 23.9 Å². The van der Waals surface area contributed by atoms with Gasteiger partial charge in [0.05, 0.1) is 12.4 Å². The number of ketones is 2. The molecule has 1 heterocycles. The number of nitrogens with one attached hydrogen (secondary N) is 3. The van der Waals surface area contributed by atoms with E-state index in [0.717, 1.165) is 54.0 Å². The summed E-state index contributed by atoms with van der Waals surface area (Å²) >= 11 is 13.0. The Labute approximate surface area is 446 Å². The lowest BCUT2D eigenvalue weighted by molar-refractivity contribution is -0.134. The number of amidine groups is 1. The molecule has 0 radical (unpaired) electrons. The molecule has 0 fully saturated rings. The number of aromatic nitrogens is 1. The van der Waals surface area contributed by atoms with E-state index in [2.05, 4.69) is 35.2 Å². The van der Waals surface area contributed by atoms with Crippen LogP contribution >= 0.6 is 56.2 Å². The molecule has 23 heteroatoms. The molecule has 0 spiro atoms. The summed E-state index contributed by atoms with van der Waals surface area (Å²) in [5.74, 6) is -0.764. The monoisotopic (exact) mass is 1100 g/mol. The maximum Gasteiger partial charge on any atom is 0.410 e. The van der Waals surface area contributed by atoms with Gasteiger partial charge in [0.2, 0.25) is 5.78 Å². The van der Waals surface area contributed by atoms with Crippen molar-refractivity contribution >= 4 is 112 Å². The Morgan fingerprint density at radius 1 is 0.904 bits per heavy atom. The fourth-order valence-electron chi connectivity index (χ4n) is 5.41. The lowest BCUT2D eigenvalue weighted by Gasteiger charge is -2.26. The number of aliphatic carboxylic acids is 1. The normalized spacial score (nSPS) is 10.7. The van der Waals surface area contributed by atoms with Crippen LogP contribution in [0, 0.1) is 25.5 Å². The minimum absolute atomic E-state index is 0.109. The second kappa shape index (κ2) is 33.0. The summed E-state index contributed by atoms with van der Waals surface area (Å²) in [7, 11) is 2.56. The van der Waals surface area contributed by atoms with Gasteiger partial charge >= 0.3 is 6.09 Å². The number of nitrogens with zero attached hydrogens (tertiary/aromatic N) is 3. The fourth-order valence-corrected chi connectivity index (χ4v) is 7.55. The third-order valence-electron chi connectivity index (χ3n) is 9.02. The largest absolute Gasteiger partial charge is 0.492 e. The molecule has 1 aromatic heterocycles. The van der Waals surface area contributed by atoms with Crippen molar-refractivity contribution in [3.05, 3.63) is 124 Å². The maximum atomic E-state index is 13.8. The van der Waals surface area contributed by atoms with Gasteiger partial charge in [0.25, 0.3) is 5.97 Å². The number of hydrogen-bond acceptors (Lipinski definition) is 14. The topological polar surface area (TPSA) is 233 Å². The second-order valence-electron chi connectivity index (χ2n) is 16.0. The smallest absolute Gasteiger partial charge is 0.410 e. The van der Waals surface area contributed by atoms with Gasteiger partial charge in [-0.1, -0.05) is 54.3 Å². The van der Waals surface area contributed by atoms with E-state index in [4.69, 9.17) is 59.4 Å². The summed E-state index contributed by atoms with van der Waals surface area (Å²) in [6.07, 6.45) is -0.341. The highest BCUT2D eigenvalue weighted by molar-refractivity contribution is 8.16. The number of nitrogens with two attached hydrogens (primary N) is 2. The summed E-state index contributed by atoms with van der Waals surface area (Å²) in [4.78, 5) is 54.9. The zero-order valence-electron chi connectivity index (χ0n) is 42.0. The molecule has 0 aliphatic heterocycles. The van der Waals surface area contributed by atoms with Crippen LogP contribution in [-0.2, 0) is 9.53 Å². The highest BCUT2D eigenvalue weighted by Gasteiger charge is 2.21. The highest BCUT2D eigenvalue weighted by atomic mass is 35.5. The number of halogens is 3. The number of carboxylic acids is 1. The molecule has 0 aliphatic rings. The molecule has 5 rings (SSSR count). The van der Waals surface area contributed by atoms with Crippen molar-refractivity contribution in [3.8, 4) is 11.5 Å². The number of Topliss-reactive ketones (excluding diaryl/α,β-unsaturated/α-hetero) is 1. The van der Waals surface area contributed by atoms with E-state index in [0.29, 0.717) is 64.2 Å². The Morgan fingerprint density at radius 2 is 1.44 bits per heavy atom. The number of rotatable bonds is 18. The van der Waals surface area contributed by atoms with E-state index >= 15 is 0 Å². The van der Waals surface area contributed by atoms with Crippen LogP contribution in [0.25, 0.3) is 0 Å². The molecule has 8 N–H and O–H groups in total. The number of amides is 1. The second-order valence-corrected chi connectivity index (χ2v) is 19.7. The SMILES string of the molecule is CC(=O)O.CCN(CCOc1ccc(NC(=S)N=C(N)SCP)cc1)C(=O)OC(C)(C)C.CCNCCOc1ccc(Nc2nc(N)c(C(=O)c3ccc(C)c(F)c3)s2)cc1.Cc1ccc(C(=O)CCl)cc1F. The van der Waals surface area contributed by atoms with E-state index in [9.17, 15) is 23.2 Å². The molecule has 16 nitrogen and oxygen atoms in total. The third-order valence-corrected chi connectivity index (χ3v) is 11.5. The Kier molecular flexibility index (Phi) is 28.5. The number of anilines is 4. The number of thiocarbonyl (C=S) groups is 1. The number of carbonyl (C=O) groups is 4. The number of hydrogen-bond donors (Lipinski definition) is 6. The first-order valence-electron chi connectivity index (χ1n) is 22.5. The third kappa shape index (κ3) is 25.0. The van der Waals surface area contributed by atoms with Crippen molar-refractivity contribution in [2.24, 2.45) is 10.7 Å². The Bertz CT molecular complexity index is 2600. The van der Waals surface area contributed by atoms with Gasteiger partial charge < -0.3 is 51.6 Å². The van der Waals surface area contributed by atoms with E-state index in [1.807, 2.05) is 83.1 Å². The minimum atomic E-state index is -0.833. The predicted molar refractivity (Wildman–Crippen MR) is 300 cm³/mol. The number of thioether (sulfide) groups is 1. The van der Waals surface area contributed by atoms with Crippen LogP contribution in [0.4, 0.5) is 35.9 Å². The lowest BCUT2D eigenvalue weighted by atomic mass is 10.1. The molecule has 5 aromatic rings. The van der Waals surface area contributed by atoms with Gasteiger partial charge in [-0.2, -0.15) is 4.99 Å². The van der Waals surface area contributed by atoms with E-state index in [-0.39, 0.29) is 45.6 Å². The molecule has 0 aliphatic carbocycles. The summed E-state index contributed by atoms with van der Waals surface area (Å²) in [5.41, 5.74) is 15.0. The first kappa shape index (κ1) is 63.2. The number of nitrogen functional groups attached to an aromatic ring is 1. The van der Waals surface area contributed by atoms with Gasteiger partial charge in [-0.05, 0) is 132 Å². The molecule has 0 bridgehead atoms. The quantitative estimate of drug-likeness (QED) is 0.00911. The van der Waals surface area contributed by atoms with Gasteiger partial charge in [-0.25, -0.2) is 18.6 Å². The number of aliphatic imine (C=N–C) groups is 1. The Hall–Kier alpha value is -5.96. The molecular weight excluding hydrogens is 1040 g/mol. The van der Waals surface area contributed by atoms with Crippen LogP contribution in [0.15, 0.2) is 89.9 Å². The molecule has 73 heavy (non-hydrogen) atoms. The van der Waals surface area contributed by atoms with Crippen LogP contribution in [0.1, 0.15) is 78.3 Å². The summed E-state index contributed by atoms with van der Waals surface area (Å²) < 4.78 is 43.4. The summed E-state index contributed by atoms with van der Waals surface area (Å²) in [5, 5.41) is 17.9. The Balaban J connectivity index is 0.000000387. The first-order valence-corrected chi connectivity index (χ1v) is 26.1. The van der Waals surface area contributed by atoms with Crippen molar-refractivity contribution in [3.63, 3.8) is 0 Å². The Morgan fingerprint density at radius 3 is 1.95 bits per heavy atom. The first-order chi connectivity index (χ1) is 34.5. The number of ether oxygens (including phenoxy) is 3. The summed E-state index contributed by atoms with van der Waals surface area (Å²) in [6.45, 7) is 17.5. The standard InChI is InChI=1S/C21H23FN4O2S.C18H29N4O3PS2.C9H8ClFO.C2H4O2/c1-3-24-10-11-28-16-8-6-15(7-9-16)25-21-26-20(23)19(29-21)18(27)14-5-4-13(2)17(22)12-14;1-5-22(17(23)25-18(2,3)4)10-11-24-14-8-6-13(7-9-14)20-16(27)21-15(19)28-12-26;1-6-2-3-7(4-8(6)11)9(12)5-10;1-2(3)4/h4-9,12,24H,3,10-11,23H2,1-2H3,(H,25,26);6-9H,5,10-12,26H2,1-4H3,(H3,19,20,21,27);2-4H,5H2,1H3;1H3,(H,3,4). The highest BCUT2D eigenvalue weighted by Crippen LogP contribution is 2.31. The minimum Gasteiger partial charge on any atom is -0.492 e. The molecule has 1 atom stereocenters. The van der Waals surface area contributed by atoms with Gasteiger partial charge in [0.1, 0.15) is 52.6 Å². The molecule has 396 valence electrons. The number of likely N-dealkylation sites (N-methyl/N-ethyl adjacent to an activating group) is 2. The number of carbonyl (C=O) groups excluding carboxylic acids is 3. The zero-order chi connectivity index (χ0) is 54.7. The van der Waals surface area contributed by atoms with Crippen molar-refractivity contribution in [2.45, 2.75) is 61.0 Å². The lowest BCUT2D eigenvalue weighted by Crippen LogP contribution is -2.38. The van der Waals surface area contributed by atoms with Crippen LogP contribution in [0.2, 0.25) is 0 Å². The van der Waals surface area contributed by atoms with E-state index < -0.39 is 17.4 Å². The molecule has 1 amide bonds. The average Bonchev–Trinajstić information content (AvgIpc) is 3.70. The predicted octanol–water partition coefficient (Wildman–Crippen LogP) is 10.7. The van der Waals surface area contributed by atoms with E-state index in [1.54, 1.807) is 43.0 Å². The van der Waals surface area contributed by atoms with Gasteiger partial charge in [0.15, 0.2) is 21.2 Å². The van der Waals surface area contributed by atoms with Crippen molar-refractivity contribution in [1.82, 2.24) is 15.2 Å². The van der Waals surface area contributed by atoms with Crippen LogP contribution in [0.5, 0.6) is 11.5 Å². The van der Waals surface area contributed by atoms with Crippen LogP contribution in [-0.4, -0.2) is 105 Å². The average molecular weight is 1110 g/mol. The van der Waals surface area contributed by atoms with Crippen molar-refractivity contribution in [2.75, 3.05) is 67.1 Å². The molecule has 1 unspecified atom stereocenters. The number of thiazole rings is 1. The van der Waals surface area contributed by atoms with Gasteiger partial charge in [0, 0.05) is 48.0 Å². The number of carboxylic acid groups (broad SMARTS) is 1. The zero-order valence-corrected chi connectivity index (χ0v) is 46.3. The summed E-state index contributed by atoms with van der Waals surface area (Å²) in [6, 6.07) is 23.5. The van der Waals surface area contributed by atoms with Gasteiger partial charge in [-0.3, -0.25) is 14.4 Å². The number of alkyl halides is 1. The van der Waals surface area contributed by atoms with Crippen LogP contribution in [0.3, 0.4) is 0 Å². The molecular formula is C50H64ClF2N8O8PS3. The maximum absolute atomic E-state index is 13.8. The molecule has 0 saturated carbocycles. The van der Waals surface area contributed by atoms with Crippen molar-refractivity contribution < 1.29 is 47.3 Å². The van der Waals surface area contributed by atoms with Crippen molar-refractivity contribution in [1.29, 1.82) is 0 Å². The number of aryl methyl sites for hydroxylation is 2. The van der Waals surface area contributed by atoms with Crippen LogP contribution < -0.4 is 36.9 Å². The van der Waals surface area contributed by atoms with Gasteiger partial charge in [-0.15, -0.1) is 20.8 Å².